The summed E-state index contributed by atoms with van der Waals surface area (Å²) in [4.78, 5) is 12.8. The molecule has 1 amide bonds. The number of hydrogen-bond donors (Lipinski definition) is 1. The Balaban J connectivity index is 2.11. The molecule has 5 heteroatoms. The third kappa shape index (κ3) is 2.90. The maximum atomic E-state index is 10.6. The number of primary amides is 1. The highest BCUT2D eigenvalue weighted by Gasteiger charge is 2.24. The van der Waals surface area contributed by atoms with Crippen LogP contribution in [0.5, 0.6) is 0 Å². The van der Waals surface area contributed by atoms with Crippen molar-refractivity contribution in [3.8, 4) is 0 Å². The van der Waals surface area contributed by atoms with E-state index < -0.39 is 6.09 Å². The number of amides is 1. The van der Waals surface area contributed by atoms with E-state index in [0.717, 1.165) is 18.0 Å². The second-order valence-corrected chi connectivity index (χ2v) is 4.75. The molecule has 0 saturated carbocycles. The first-order chi connectivity index (χ1) is 8.06. The number of likely N-dealkylation sites (N-methyl/N-ethyl adjacent to an activating group) is 1. The summed E-state index contributed by atoms with van der Waals surface area (Å²) in [6.45, 7) is 1.15. The summed E-state index contributed by atoms with van der Waals surface area (Å²) in [5.74, 6) is 0. The summed E-state index contributed by atoms with van der Waals surface area (Å²) in [6.07, 6.45) is 0.0925. The molecule has 1 atom stereocenters. The molecule has 4 nitrogen and oxygen atoms in total. The van der Waals surface area contributed by atoms with Gasteiger partial charge in [-0.1, -0.05) is 17.7 Å². The van der Waals surface area contributed by atoms with Gasteiger partial charge in [0.05, 0.1) is 0 Å². The van der Waals surface area contributed by atoms with Crippen molar-refractivity contribution in [1.29, 1.82) is 0 Å². The van der Waals surface area contributed by atoms with Gasteiger partial charge >= 0.3 is 6.09 Å². The van der Waals surface area contributed by atoms with Gasteiger partial charge in [-0.05, 0) is 36.7 Å². The molecule has 0 radical (unpaired) electrons. The molecule has 0 spiro atoms. The first-order valence-electron chi connectivity index (χ1n) is 5.46. The summed E-state index contributed by atoms with van der Waals surface area (Å²) in [6, 6.07) is 6.07. The zero-order valence-electron chi connectivity index (χ0n) is 9.65. The van der Waals surface area contributed by atoms with Crippen LogP contribution in [0.25, 0.3) is 0 Å². The van der Waals surface area contributed by atoms with Crippen LogP contribution in [0.3, 0.4) is 0 Å². The van der Waals surface area contributed by atoms with Crippen molar-refractivity contribution in [1.82, 2.24) is 4.90 Å². The van der Waals surface area contributed by atoms with Crippen molar-refractivity contribution in [2.75, 3.05) is 13.7 Å². The molecule has 1 aliphatic rings. The molecular weight excluding hydrogens is 240 g/mol. The first kappa shape index (κ1) is 12.2. The van der Waals surface area contributed by atoms with Gasteiger partial charge in [0.1, 0.15) is 6.61 Å². The molecule has 0 bridgehead atoms. The van der Waals surface area contributed by atoms with Crippen LogP contribution in [0.15, 0.2) is 18.2 Å². The van der Waals surface area contributed by atoms with E-state index in [2.05, 4.69) is 4.90 Å². The normalized spacial score (nSPS) is 19.8. The average molecular weight is 255 g/mol. The number of nitrogens with two attached hydrogens (primary N) is 1. The molecule has 0 saturated heterocycles. The molecule has 1 heterocycles. The van der Waals surface area contributed by atoms with Gasteiger partial charge in [0.15, 0.2) is 0 Å². The number of fused-ring (bicyclic) bond motifs is 1. The number of rotatable bonds is 2. The lowest BCUT2D eigenvalue weighted by atomic mass is 9.95. The van der Waals surface area contributed by atoms with Crippen LogP contribution in [0, 0.1) is 0 Å². The first-order valence-corrected chi connectivity index (χ1v) is 5.84. The van der Waals surface area contributed by atoms with Gasteiger partial charge in [-0.25, -0.2) is 4.79 Å². The Bertz CT molecular complexity index is 437. The Morgan fingerprint density at radius 2 is 2.35 bits per heavy atom. The van der Waals surface area contributed by atoms with Gasteiger partial charge in [0.25, 0.3) is 0 Å². The number of carbonyl (C=O) groups is 1. The second-order valence-electron chi connectivity index (χ2n) is 4.32. The minimum atomic E-state index is -0.727. The molecule has 2 rings (SSSR count). The Morgan fingerprint density at radius 1 is 1.59 bits per heavy atom. The van der Waals surface area contributed by atoms with Gasteiger partial charge < -0.3 is 10.5 Å². The summed E-state index contributed by atoms with van der Waals surface area (Å²) >= 11 is 5.97. The fraction of sp³-hybridized carbons (Fsp3) is 0.417. The molecule has 17 heavy (non-hydrogen) atoms. The van der Waals surface area contributed by atoms with Crippen LogP contribution in [-0.2, 0) is 17.7 Å². The Labute approximate surface area is 105 Å². The van der Waals surface area contributed by atoms with Crippen LogP contribution >= 0.6 is 11.6 Å². The number of ether oxygens (including phenoxy) is 1. The number of hydrogen-bond acceptors (Lipinski definition) is 3. The van der Waals surface area contributed by atoms with Gasteiger partial charge in [0.2, 0.25) is 0 Å². The van der Waals surface area contributed by atoms with Crippen LogP contribution in [0.1, 0.15) is 11.1 Å². The molecule has 1 aliphatic heterocycles. The van der Waals surface area contributed by atoms with Gasteiger partial charge in [0, 0.05) is 17.6 Å². The predicted molar refractivity (Wildman–Crippen MR) is 65.9 cm³/mol. The number of benzene rings is 1. The maximum Gasteiger partial charge on any atom is 0.404 e. The molecule has 0 unspecified atom stereocenters. The fourth-order valence-electron chi connectivity index (χ4n) is 2.11. The van der Waals surface area contributed by atoms with Crippen molar-refractivity contribution in [3.63, 3.8) is 0 Å². The number of nitrogens with zero attached hydrogens (tertiary/aromatic N) is 1. The summed E-state index contributed by atoms with van der Waals surface area (Å²) in [5, 5.41) is 0.739. The van der Waals surface area contributed by atoms with Gasteiger partial charge in [-0.15, -0.1) is 0 Å². The quantitative estimate of drug-likeness (QED) is 0.876. The van der Waals surface area contributed by atoms with Crippen molar-refractivity contribution in [3.05, 3.63) is 34.3 Å². The van der Waals surface area contributed by atoms with Crippen LogP contribution in [0.4, 0.5) is 4.79 Å². The molecule has 92 valence electrons. The lowest BCUT2D eigenvalue weighted by Crippen LogP contribution is -2.41. The predicted octanol–water partition coefficient (Wildman–Crippen LogP) is 1.79. The van der Waals surface area contributed by atoms with Crippen LogP contribution in [0.2, 0.25) is 5.02 Å². The van der Waals surface area contributed by atoms with E-state index in [1.165, 1.54) is 11.1 Å². The Kier molecular flexibility index (Phi) is 3.54. The summed E-state index contributed by atoms with van der Waals surface area (Å²) in [5.41, 5.74) is 7.46. The van der Waals surface area contributed by atoms with E-state index in [9.17, 15) is 4.79 Å². The van der Waals surface area contributed by atoms with E-state index in [1.807, 2.05) is 25.2 Å². The minimum absolute atomic E-state index is 0.161. The van der Waals surface area contributed by atoms with E-state index in [4.69, 9.17) is 22.1 Å². The van der Waals surface area contributed by atoms with Crippen LogP contribution < -0.4 is 5.73 Å². The third-order valence-electron chi connectivity index (χ3n) is 3.08. The third-order valence-corrected chi connectivity index (χ3v) is 3.32. The topological polar surface area (TPSA) is 55.6 Å². The highest BCUT2D eigenvalue weighted by molar-refractivity contribution is 6.30. The second kappa shape index (κ2) is 4.94. The molecule has 1 aromatic carbocycles. The van der Waals surface area contributed by atoms with E-state index in [0.29, 0.717) is 6.61 Å². The minimum Gasteiger partial charge on any atom is -0.448 e. The fourth-order valence-corrected chi connectivity index (χ4v) is 2.31. The van der Waals surface area contributed by atoms with Gasteiger partial charge in [-0.3, -0.25) is 4.90 Å². The monoisotopic (exact) mass is 254 g/mol. The largest absolute Gasteiger partial charge is 0.448 e. The highest BCUT2D eigenvalue weighted by atomic mass is 35.5. The zero-order valence-corrected chi connectivity index (χ0v) is 10.4. The number of carbonyl (C=O) groups excluding carboxylic acids is 1. The molecule has 2 N–H and O–H groups in total. The lowest BCUT2D eigenvalue weighted by molar-refractivity contribution is 0.0990. The average Bonchev–Trinajstić information content (AvgIpc) is 2.26. The van der Waals surface area contributed by atoms with E-state index in [-0.39, 0.29) is 6.04 Å². The smallest absolute Gasteiger partial charge is 0.404 e. The van der Waals surface area contributed by atoms with Crippen molar-refractivity contribution in [2.24, 2.45) is 5.73 Å². The van der Waals surface area contributed by atoms with E-state index in [1.54, 1.807) is 0 Å². The number of halogens is 1. The van der Waals surface area contributed by atoms with E-state index >= 15 is 0 Å². The Morgan fingerprint density at radius 3 is 3.06 bits per heavy atom. The SMILES string of the molecule is CN1Cc2ccc(Cl)cc2C[C@@H]1COC(N)=O. The summed E-state index contributed by atoms with van der Waals surface area (Å²) < 4.78 is 4.86. The summed E-state index contributed by atoms with van der Waals surface area (Å²) in [7, 11) is 2.01. The standard InChI is InChI=1S/C12H15ClN2O2/c1-15-6-8-2-3-10(13)4-9(8)5-11(15)7-17-12(14)16/h2-4,11H,5-7H2,1H3,(H2,14,16)/t11-/m1/s1. The maximum absolute atomic E-state index is 10.6. The molecule has 0 fully saturated rings. The van der Waals surface area contributed by atoms with Crippen LogP contribution in [-0.4, -0.2) is 30.7 Å². The molecular formula is C12H15ClN2O2. The van der Waals surface area contributed by atoms with Crippen molar-refractivity contribution < 1.29 is 9.53 Å². The molecule has 0 aliphatic carbocycles. The van der Waals surface area contributed by atoms with Gasteiger partial charge in [-0.2, -0.15) is 0 Å². The zero-order chi connectivity index (χ0) is 12.4. The van der Waals surface area contributed by atoms with Crippen molar-refractivity contribution in [2.45, 2.75) is 19.0 Å². The molecule has 1 aromatic rings. The van der Waals surface area contributed by atoms with Crippen molar-refractivity contribution >= 4 is 17.7 Å². The Hall–Kier alpha value is -1.26. The highest BCUT2D eigenvalue weighted by Crippen LogP contribution is 2.25. The lowest BCUT2D eigenvalue weighted by Gasteiger charge is -2.33. The molecule has 0 aromatic heterocycles.